The predicted octanol–water partition coefficient (Wildman–Crippen LogP) is -0.784. The van der Waals surface area contributed by atoms with Crippen molar-refractivity contribution in [1.82, 2.24) is 5.32 Å². The smallest absolute Gasteiger partial charge is 0.320 e. The first-order valence-corrected chi connectivity index (χ1v) is 5.67. The van der Waals surface area contributed by atoms with Crippen LogP contribution in [0.1, 0.15) is 32.1 Å². The molecule has 0 aliphatic rings. The van der Waals surface area contributed by atoms with Crippen LogP contribution in [-0.4, -0.2) is 41.5 Å². The zero-order valence-electron chi connectivity index (χ0n) is 9.56. The Morgan fingerprint density at radius 2 is 1.94 bits per heavy atom. The van der Waals surface area contributed by atoms with Gasteiger partial charge in [0.2, 0.25) is 0 Å². The predicted molar refractivity (Wildman–Crippen MR) is 61.8 cm³/mol. The van der Waals surface area contributed by atoms with Gasteiger partial charge < -0.3 is 21.7 Å². The SMILES string of the molecule is NCCCC(O)NCCCC[C@H](N)C(=O)O. The standard InChI is InChI=1S/C10H23N3O3/c11-6-3-5-9(14)13-7-2-1-4-8(12)10(15)16/h8-9,13-14H,1-7,11-12H2,(H,15,16)/t8-,9?/m0/s1. The molecule has 6 heteroatoms. The Kier molecular flexibility index (Phi) is 9.12. The van der Waals surface area contributed by atoms with Crippen LogP contribution in [0.5, 0.6) is 0 Å². The third kappa shape index (κ3) is 8.60. The summed E-state index contributed by atoms with van der Waals surface area (Å²) in [5.41, 5.74) is 10.6. The van der Waals surface area contributed by atoms with Gasteiger partial charge in [-0.25, -0.2) is 0 Å². The molecule has 0 rings (SSSR count). The van der Waals surface area contributed by atoms with Crippen LogP contribution >= 0.6 is 0 Å². The van der Waals surface area contributed by atoms with E-state index in [9.17, 15) is 9.90 Å². The van der Waals surface area contributed by atoms with E-state index in [0.29, 0.717) is 25.9 Å². The maximum atomic E-state index is 10.4. The number of hydrogen-bond donors (Lipinski definition) is 5. The van der Waals surface area contributed by atoms with Gasteiger partial charge in [-0.15, -0.1) is 0 Å². The van der Waals surface area contributed by atoms with Gasteiger partial charge in [0.05, 0.1) is 0 Å². The summed E-state index contributed by atoms with van der Waals surface area (Å²) in [6.07, 6.45) is 2.93. The number of rotatable bonds is 10. The number of hydrogen-bond acceptors (Lipinski definition) is 5. The van der Waals surface area contributed by atoms with E-state index in [1.165, 1.54) is 0 Å². The van der Waals surface area contributed by atoms with E-state index in [4.69, 9.17) is 16.6 Å². The topological polar surface area (TPSA) is 122 Å². The lowest BCUT2D eigenvalue weighted by molar-refractivity contribution is -0.138. The lowest BCUT2D eigenvalue weighted by Gasteiger charge is -2.12. The summed E-state index contributed by atoms with van der Waals surface area (Å²) in [6, 6.07) is -0.776. The van der Waals surface area contributed by atoms with Gasteiger partial charge in [0.1, 0.15) is 12.3 Å². The van der Waals surface area contributed by atoms with Gasteiger partial charge in [-0.1, -0.05) is 6.42 Å². The average molecular weight is 233 g/mol. The Labute approximate surface area is 96.0 Å². The number of carboxylic acids is 1. The minimum absolute atomic E-state index is 0.468. The second-order valence-electron chi connectivity index (χ2n) is 3.84. The summed E-state index contributed by atoms with van der Waals surface area (Å²) in [7, 11) is 0. The quantitative estimate of drug-likeness (QED) is 0.249. The van der Waals surface area contributed by atoms with Crippen molar-refractivity contribution in [2.75, 3.05) is 13.1 Å². The molecule has 0 saturated carbocycles. The highest BCUT2D eigenvalue weighted by atomic mass is 16.4. The van der Waals surface area contributed by atoms with Gasteiger partial charge in [-0.2, -0.15) is 0 Å². The number of carbonyl (C=O) groups is 1. The zero-order valence-corrected chi connectivity index (χ0v) is 9.56. The molecule has 6 nitrogen and oxygen atoms in total. The first-order valence-electron chi connectivity index (χ1n) is 5.67. The van der Waals surface area contributed by atoms with Crippen LogP contribution < -0.4 is 16.8 Å². The van der Waals surface area contributed by atoms with E-state index in [2.05, 4.69) is 5.32 Å². The normalized spacial score (nSPS) is 14.7. The molecular weight excluding hydrogens is 210 g/mol. The molecule has 0 aromatic carbocycles. The third-order valence-electron chi connectivity index (χ3n) is 2.32. The highest BCUT2D eigenvalue weighted by Crippen LogP contribution is 1.99. The fraction of sp³-hybridized carbons (Fsp3) is 0.900. The van der Waals surface area contributed by atoms with Crippen molar-refractivity contribution in [2.24, 2.45) is 11.5 Å². The van der Waals surface area contributed by atoms with Gasteiger partial charge in [0, 0.05) is 0 Å². The number of aliphatic hydroxyl groups excluding tert-OH is 1. The van der Waals surface area contributed by atoms with Crippen LogP contribution in [0.3, 0.4) is 0 Å². The summed E-state index contributed by atoms with van der Waals surface area (Å²) >= 11 is 0. The number of nitrogens with two attached hydrogens (primary N) is 2. The molecule has 1 unspecified atom stereocenters. The number of aliphatic carboxylic acids is 1. The molecular formula is C10H23N3O3. The van der Waals surface area contributed by atoms with E-state index in [0.717, 1.165) is 19.3 Å². The maximum Gasteiger partial charge on any atom is 0.320 e. The van der Waals surface area contributed by atoms with Gasteiger partial charge in [-0.05, 0) is 38.8 Å². The molecule has 0 aliphatic carbocycles. The van der Waals surface area contributed by atoms with Crippen LogP contribution in [0, 0.1) is 0 Å². The van der Waals surface area contributed by atoms with Gasteiger partial charge in [0.15, 0.2) is 0 Å². The first kappa shape index (κ1) is 15.3. The molecule has 0 fully saturated rings. The molecule has 2 atom stereocenters. The van der Waals surface area contributed by atoms with Crippen molar-refractivity contribution in [3.8, 4) is 0 Å². The molecule has 0 heterocycles. The summed E-state index contributed by atoms with van der Waals surface area (Å²) < 4.78 is 0. The zero-order chi connectivity index (χ0) is 12.4. The fourth-order valence-electron chi connectivity index (χ4n) is 1.29. The highest BCUT2D eigenvalue weighted by Gasteiger charge is 2.10. The second kappa shape index (κ2) is 9.53. The van der Waals surface area contributed by atoms with Crippen LogP contribution in [0.2, 0.25) is 0 Å². The van der Waals surface area contributed by atoms with E-state index in [1.54, 1.807) is 0 Å². The molecule has 16 heavy (non-hydrogen) atoms. The Hall–Kier alpha value is -0.690. The highest BCUT2D eigenvalue weighted by molar-refractivity contribution is 5.72. The van der Waals surface area contributed by atoms with Gasteiger partial charge in [0.25, 0.3) is 0 Å². The largest absolute Gasteiger partial charge is 0.480 e. The molecule has 0 aromatic rings. The summed E-state index contributed by atoms with van der Waals surface area (Å²) in [5.74, 6) is -0.962. The van der Waals surface area contributed by atoms with Crippen LogP contribution in [0.4, 0.5) is 0 Å². The van der Waals surface area contributed by atoms with Gasteiger partial charge in [-0.3, -0.25) is 10.1 Å². The molecule has 0 amide bonds. The Balaban J connectivity index is 3.29. The van der Waals surface area contributed by atoms with E-state index >= 15 is 0 Å². The summed E-state index contributed by atoms with van der Waals surface area (Å²) in [4.78, 5) is 10.4. The minimum atomic E-state index is -0.962. The van der Waals surface area contributed by atoms with Crippen molar-refractivity contribution < 1.29 is 15.0 Å². The maximum absolute atomic E-state index is 10.4. The molecule has 0 saturated heterocycles. The second-order valence-corrected chi connectivity index (χ2v) is 3.84. The number of carboxylic acid groups (broad SMARTS) is 1. The molecule has 96 valence electrons. The molecule has 0 radical (unpaired) electrons. The lowest BCUT2D eigenvalue weighted by Crippen LogP contribution is -2.31. The third-order valence-corrected chi connectivity index (χ3v) is 2.32. The molecule has 0 bridgehead atoms. The number of unbranched alkanes of at least 4 members (excludes halogenated alkanes) is 1. The fourth-order valence-corrected chi connectivity index (χ4v) is 1.29. The number of aliphatic hydroxyl groups is 1. The van der Waals surface area contributed by atoms with Gasteiger partial charge >= 0.3 is 5.97 Å². The lowest BCUT2D eigenvalue weighted by atomic mass is 10.1. The first-order chi connectivity index (χ1) is 7.57. The van der Waals surface area contributed by atoms with E-state index in [1.807, 2.05) is 0 Å². The van der Waals surface area contributed by atoms with E-state index in [-0.39, 0.29) is 0 Å². The Morgan fingerprint density at radius 3 is 2.50 bits per heavy atom. The van der Waals surface area contributed by atoms with Crippen LogP contribution in [-0.2, 0) is 4.79 Å². The Morgan fingerprint density at radius 1 is 1.25 bits per heavy atom. The average Bonchev–Trinajstić information content (AvgIpc) is 2.25. The van der Waals surface area contributed by atoms with E-state index < -0.39 is 18.2 Å². The summed E-state index contributed by atoms with van der Waals surface area (Å²) in [5, 5.41) is 20.9. The number of nitrogens with one attached hydrogen (secondary N) is 1. The summed E-state index contributed by atoms with van der Waals surface area (Å²) in [6.45, 7) is 1.24. The van der Waals surface area contributed by atoms with Crippen molar-refractivity contribution in [2.45, 2.75) is 44.4 Å². The van der Waals surface area contributed by atoms with Crippen molar-refractivity contribution in [3.63, 3.8) is 0 Å². The molecule has 0 aromatic heterocycles. The van der Waals surface area contributed by atoms with Crippen molar-refractivity contribution in [3.05, 3.63) is 0 Å². The van der Waals surface area contributed by atoms with Crippen molar-refractivity contribution in [1.29, 1.82) is 0 Å². The molecule has 7 N–H and O–H groups in total. The Bertz CT molecular complexity index is 190. The monoisotopic (exact) mass is 233 g/mol. The molecule has 0 spiro atoms. The minimum Gasteiger partial charge on any atom is -0.480 e. The van der Waals surface area contributed by atoms with Crippen LogP contribution in [0.25, 0.3) is 0 Å². The van der Waals surface area contributed by atoms with Crippen molar-refractivity contribution >= 4 is 5.97 Å². The molecule has 0 aliphatic heterocycles. The van der Waals surface area contributed by atoms with Crippen LogP contribution in [0.15, 0.2) is 0 Å².